The van der Waals surface area contributed by atoms with E-state index in [1.54, 1.807) is 30.5 Å². The summed E-state index contributed by atoms with van der Waals surface area (Å²) in [5.74, 6) is 0.518. The second kappa shape index (κ2) is 8.51. The van der Waals surface area contributed by atoms with Gasteiger partial charge in [-0.3, -0.25) is 9.59 Å². The molecule has 6 heteroatoms. The molecule has 0 radical (unpaired) electrons. The molecular weight excluding hydrogens is 342 g/mol. The fraction of sp³-hybridized carbons (Fsp3) is 0.238. The van der Waals surface area contributed by atoms with E-state index in [1.165, 1.54) is 10.6 Å². The second-order valence-corrected chi connectivity index (χ2v) is 6.53. The van der Waals surface area contributed by atoms with Crippen LogP contribution >= 0.6 is 0 Å². The summed E-state index contributed by atoms with van der Waals surface area (Å²) in [6.07, 6.45) is 1.69. The number of rotatable bonds is 7. The third kappa shape index (κ3) is 4.74. The summed E-state index contributed by atoms with van der Waals surface area (Å²) >= 11 is 0. The maximum absolute atomic E-state index is 12.4. The minimum Gasteiger partial charge on any atom is -0.454 e. The van der Waals surface area contributed by atoms with Crippen molar-refractivity contribution in [3.05, 3.63) is 94.3 Å². The first-order chi connectivity index (χ1) is 13.0. The number of aromatic nitrogens is 1. The van der Waals surface area contributed by atoms with Gasteiger partial charge in [-0.15, -0.1) is 0 Å². The molecule has 2 aromatic heterocycles. The lowest BCUT2D eigenvalue weighted by molar-refractivity contribution is 0.0912. The number of nitrogens with zero attached hydrogens (tertiary/aromatic N) is 2. The molecule has 0 saturated heterocycles. The van der Waals surface area contributed by atoms with Gasteiger partial charge in [-0.2, -0.15) is 0 Å². The molecule has 1 amide bonds. The van der Waals surface area contributed by atoms with E-state index in [0.29, 0.717) is 12.3 Å². The Morgan fingerprint density at radius 1 is 1.07 bits per heavy atom. The third-order valence-corrected chi connectivity index (χ3v) is 4.37. The lowest BCUT2D eigenvalue weighted by Gasteiger charge is -2.24. The zero-order valence-corrected chi connectivity index (χ0v) is 15.5. The maximum atomic E-state index is 12.4. The van der Waals surface area contributed by atoms with Crippen molar-refractivity contribution >= 4 is 5.91 Å². The summed E-state index contributed by atoms with van der Waals surface area (Å²) in [6.45, 7) is 0.751. The molecule has 0 bridgehead atoms. The highest BCUT2D eigenvalue weighted by Gasteiger charge is 2.17. The third-order valence-electron chi connectivity index (χ3n) is 4.37. The van der Waals surface area contributed by atoms with Gasteiger partial charge in [0.2, 0.25) is 0 Å². The number of hydrogen-bond donors (Lipinski definition) is 1. The van der Waals surface area contributed by atoms with E-state index in [1.807, 2.05) is 44.4 Å². The van der Waals surface area contributed by atoms with Crippen molar-refractivity contribution in [3.8, 4) is 0 Å². The van der Waals surface area contributed by atoms with Crippen LogP contribution in [0, 0.1) is 0 Å². The summed E-state index contributed by atoms with van der Waals surface area (Å²) in [7, 11) is 3.96. The molecule has 6 nitrogen and oxygen atoms in total. The van der Waals surface area contributed by atoms with Gasteiger partial charge in [0.05, 0.1) is 12.6 Å². The van der Waals surface area contributed by atoms with Gasteiger partial charge < -0.3 is 19.2 Å². The van der Waals surface area contributed by atoms with Crippen LogP contribution in [0.25, 0.3) is 0 Å². The highest BCUT2D eigenvalue weighted by atomic mass is 16.4. The van der Waals surface area contributed by atoms with Crippen molar-refractivity contribution < 1.29 is 9.21 Å². The zero-order chi connectivity index (χ0) is 19.2. The van der Waals surface area contributed by atoms with Gasteiger partial charge in [0.25, 0.3) is 11.5 Å². The number of amides is 1. The van der Waals surface area contributed by atoms with Gasteiger partial charge >= 0.3 is 0 Å². The standard InChI is InChI=1S/C21H23N3O3/c1-23(2)18(16-8-4-3-5-9-16)14-22-21(26)19-12-11-17(27-19)15-24-13-7-6-10-20(24)25/h3-13,18H,14-15H2,1-2H3,(H,22,26). The molecule has 1 aromatic carbocycles. The van der Waals surface area contributed by atoms with Crippen molar-refractivity contribution in [2.45, 2.75) is 12.6 Å². The molecule has 1 N–H and O–H groups in total. The average Bonchev–Trinajstić information content (AvgIpc) is 3.13. The number of hydrogen-bond acceptors (Lipinski definition) is 4. The normalized spacial score (nSPS) is 12.1. The number of carbonyl (C=O) groups excluding carboxylic acids is 1. The number of likely N-dealkylation sites (N-methyl/N-ethyl adjacent to an activating group) is 1. The SMILES string of the molecule is CN(C)C(CNC(=O)c1ccc(Cn2ccccc2=O)o1)c1ccccc1. The van der Waals surface area contributed by atoms with Crippen molar-refractivity contribution in [3.63, 3.8) is 0 Å². The van der Waals surface area contributed by atoms with Crippen LogP contribution in [0.3, 0.4) is 0 Å². The summed E-state index contributed by atoms with van der Waals surface area (Å²) in [5.41, 5.74) is 1.02. The summed E-state index contributed by atoms with van der Waals surface area (Å²) < 4.78 is 7.14. The number of nitrogens with one attached hydrogen (secondary N) is 1. The Morgan fingerprint density at radius 2 is 1.81 bits per heavy atom. The Labute approximate surface area is 158 Å². The van der Waals surface area contributed by atoms with E-state index in [0.717, 1.165) is 5.56 Å². The average molecular weight is 365 g/mol. The van der Waals surface area contributed by atoms with Crippen molar-refractivity contribution in [2.24, 2.45) is 0 Å². The Hall–Kier alpha value is -3.12. The Balaban J connectivity index is 1.64. The van der Waals surface area contributed by atoms with Gasteiger partial charge in [-0.25, -0.2) is 0 Å². The summed E-state index contributed by atoms with van der Waals surface area (Å²) in [5, 5.41) is 2.92. The van der Waals surface area contributed by atoms with Crippen molar-refractivity contribution in [2.75, 3.05) is 20.6 Å². The first kappa shape index (κ1) is 18.7. The molecule has 0 fully saturated rings. The Morgan fingerprint density at radius 3 is 2.52 bits per heavy atom. The molecule has 140 valence electrons. The van der Waals surface area contributed by atoms with Crippen LogP contribution in [0.15, 0.2) is 76.1 Å². The van der Waals surface area contributed by atoms with Gasteiger partial charge in [0.1, 0.15) is 5.76 Å². The number of carbonyl (C=O) groups is 1. The summed E-state index contributed by atoms with van der Waals surface area (Å²) in [6, 6.07) is 18.4. The minimum atomic E-state index is -0.274. The number of pyridine rings is 1. The van der Waals surface area contributed by atoms with Crippen LogP contribution in [-0.4, -0.2) is 36.0 Å². The van der Waals surface area contributed by atoms with Crippen molar-refractivity contribution in [1.29, 1.82) is 0 Å². The van der Waals surface area contributed by atoms with E-state index in [4.69, 9.17) is 4.42 Å². The molecule has 0 saturated carbocycles. The molecule has 0 aliphatic heterocycles. The maximum Gasteiger partial charge on any atom is 0.287 e. The molecule has 0 spiro atoms. The fourth-order valence-corrected chi connectivity index (χ4v) is 2.89. The quantitative estimate of drug-likeness (QED) is 0.699. The zero-order valence-electron chi connectivity index (χ0n) is 15.5. The number of benzene rings is 1. The van der Waals surface area contributed by atoms with Crippen LogP contribution in [0.2, 0.25) is 0 Å². The lowest BCUT2D eigenvalue weighted by Crippen LogP contribution is -2.34. The molecule has 3 rings (SSSR count). The predicted molar refractivity (Wildman–Crippen MR) is 104 cm³/mol. The Kier molecular flexibility index (Phi) is 5.88. The summed E-state index contributed by atoms with van der Waals surface area (Å²) in [4.78, 5) is 26.3. The molecule has 2 heterocycles. The molecule has 1 unspecified atom stereocenters. The largest absolute Gasteiger partial charge is 0.454 e. The number of furan rings is 1. The van der Waals surface area contributed by atoms with Crippen LogP contribution in [0.5, 0.6) is 0 Å². The predicted octanol–water partition coefficient (Wildman–Crippen LogP) is 2.52. The minimum absolute atomic E-state index is 0.0625. The highest BCUT2D eigenvalue weighted by molar-refractivity contribution is 5.91. The van der Waals surface area contributed by atoms with E-state index in [2.05, 4.69) is 10.2 Å². The molecular formula is C21H23N3O3. The van der Waals surface area contributed by atoms with E-state index in [9.17, 15) is 9.59 Å². The molecule has 0 aliphatic carbocycles. The van der Waals surface area contributed by atoms with Gasteiger partial charge in [0, 0.05) is 18.8 Å². The van der Waals surface area contributed by atoms with E-state index >= 15 is 0 Å². The van der Waals surface area contributed by atoms with Gasteiger partial charge in [-0.05, 0) is 37.9 Å². The smallest absolute Gasteiger partial charge is 0.287 e. The van der Waals surface area contributed by atoms with Crippen molar-refractivity contribution in [1.82, 2.24) is 14.8 Å². The Bertz CT molecular complexity index is 944. The monoisotopic (exact) mass is 365 g/mol. The van der Waals surface area contributed by atoms with E-state index in [-0.39, 0.29) is 29.8 Å². The lowest BCUT2D eigenvalue weighted by atomic mass is 10.1. The molecule has 3 aromatic rings. The van der Waals surface area contributed by atoms with Crippen LogP contribution in [-0.2, 0) is 6.54 Å². The fourth-order valence-electron chi connectivity index (χ4n) is 2.89. The first-order valence-electron chi connectivity index (χ1n) is 8.78. The van der Waals surface area contributed by atoms with E-state index < -0.39 is 0 Å². The van der Waals surface area contributed by atoms with Gasteiger partial charge in [-0.1, -0.05) is 36.4 Å². The van der Waals surface area contributed by atoms with Crippen LogP contribution < -0.4 is 10.9 Å². The van der Waals surface area contributed by atoms with Gasteiger partial charge in [0.15, 0.2) is 5.76 Å². The van der Waals surface area contributed by atoms with Crippen LogP contribution in [0.4, 0.5) is 0 Å². The first-order valence-corrected chi connectivity index (χ1v) is 8.78. The second-order valence-electron chi connectivity index (χ2n) is 6.53. The molecule has 1 atom stereocenters. The molecule has 0 aliphatic rings. The molecule has 27 heavy (non-hydrogen) atoms. The topological polar surface area (TPSA) is 67.5 Å². The van der Waals surface area contributed by atoms with Crippen LogP contribution in [0.1, 0.15) is 27.9 Å². The highest BCUT2D eigenvalue weighted by Crippen LogP contribution is 2.17.